The Morgan fingerprint density at radius 2 is 1.67 bits per heavy atom. The molecular formula is C19H15NO. The monoisotopic (exact) mass is 273 g/mol. The molecule has 3 aromatic rings. The maximum Gasteiger partial charge on any atom is 0.174 e. The van der Waals surface area contributed by atoms with Gasteiger partial charge in [0.1, 0.15) is 0 Å². The number of carbonyl (C=O) groups is 1. The number of para-hydroxylation sites is 1. The quantitative estimate of drug-likeness (QED) is 0.671. The van der Waals surface area contributed by atoms with Gasteiger partial charge in [-0.2, -0.15) is 0 Å². The highest BCUT2D eigenvalue weighted by molar-refractivity contribution is 6.07. The number of aromatic nitrogens is 1. The molecule has 0 unspecified atom stereocenters. The SMILES string of the molecule is O=C(c1cnc2ccccc2c1)C1(c2ccccc2)CC1. The molecule has 0 amide bonds. The summed E-state index contributed by atoms with van der Waals surface area (Å²) in [6.07, 6.45) is 3.58. The van der Waals surface area contributed by atoms with Crippen LogP contribution in [0.4, 0.5) is 0 Å². The number of Topliss-reactive ketones (excluding diaryl/α,β-unsaturated/α-hetero) is 1. The third-order valence-corrected chi connectivity index (χ3v) is 4.36. The van der Waals surface area contributed by atoms with Gasteiger partial charge in [0.15, 0.2) is 5.78 Å². The molecule has 2 aromatic carbocycles. The summed E-state index contributed by atoms with van der Waals surface area (Å²) >= 11 is 0. The highest BCUT2D eigenvalue weighted by Gasteiger charge is 2.51. The van der Waals surface area contributed by atoms with Crippen molar-refractivity contribution < 1.29 is 4.79 Å². The third kappa shape index (κ3) is 1.95. The Morgan fingerprint density at radius 3 is 2.43 bits per heavy atom. The van der Waals surface area contributed by atoms with Crippen molar-refractivity contribution in [3.05, 3.63) is 78.0 Å². The van der Waals surface area contributed by atoms with Crippen LogP contribution in [-0.2, 0) is 5.41 Å². The van der Waals surface area contributed by atoms with Crippen molar-refractivity contribution in [2.75, 3.05) is 0 Å². The van der Waals surface area contributed by atoms with E-state index < -0.39 is 0 Å². The van der Waals surface area contributed by atoms with Gasteiger partial charge in [0.05, 0.1) is 10.9 Å². The summed E-state index contributed by atoms with van der Waals surface area (Å²) < 4.78 is 0. The van der Waals surface area contributed by atoms with Gasteiger partial charge in [0.25, 0.3) is 0 Å². The molecule has 1 aromatic heterocycles. The van der Waals surface area contributed by atoms with Crippen LogP contribution in [0, 0.1) is 0 Å². The Labute approximate surface area is 123 Å². The van der Waals surface area contributed by atoms with Crippen LogP contribution >= 0.6 is 0 Å². The zero-order chi connectivity index (χ0) is 14.3. The number of benzene rings is 2. The molecule has 0 bridgehead atoms. The molecule has 0 spiro atoms. The maximum absolute atomic E-state index is 12.9. The Balaban J connectivity index is 1.77. The number of rotatable bonds is 3. The molecule has 1 aliphatic rings. The molecule has 0 atom stereocenters. The average Bonchev–Trinajstić information content (AvgIpc) is 3.36. The Hall–Kier alpha value is -2.48. The fraction of sp³-hybridized carbons (Fsp3) is 0.158. The van der Waals surface area contributed by atoms with E-state index in [4.69, 9.17) is 0 Å². The summed E-state index contributed by atoms with van der Waals surface area (Å²) in [6.45, 7) is 0. The first-order chi connectivity index (χ1) is 10.3. The van der Waals surface area contributed by atoms with Crippen LogP contribution in [0.3, 0.4) is 0 Å². The number of hydrogen-bond acceptors (Lipinski definition) is 2. The number of carbonyl (C=O) groups excluding carboxylic acids is 1. The van der Waals surface area contributed by atoms with Crippen molar-refractivity contribution in [1.29, 1.82) is 0 Å². The molecule has 1 saturated carbocycles. The van der Waals surface area contributed by atoms with Gasteiger partial charge in [-0.15, -0.1) is 0 Å². The molecule has 0 N–H and O–H groups in total. The van der Waals surface area contributed by atoms with Crippen LogP contribution in [0.1, 0.15) is 28.8 Å². The lowest BCUT2D eigenvalue weighted by Crippen LogP contribution is -2.20. The molecule has 0 aliphatic heterocycles. The third-order valence-electron chi connectivity index (χ3n) is 4.36. The lowest BCUT2D eigenvalue weighted by atomic mass is 9.88. The van der Waals surface area contributed by atoms with Gasteiger partial charge in [0.2, 0.25) is 0 Å². The van der Waals surface area contributed by atoms with Crippen molar-refractivity contribution in [3.8, 4) is 0 Å². The number of fused-ring (bicyclic) bond motifs is 1. The maximum atomic E-state index is 12.9. The Morgan fingerprint density at radius 1 is 0.952 bits per heavy atom. The second-order valence-electron chi connectivity index (χ2n) is 5.69. The predicted octanol–water partition coefficient (Wildman–Crippen LogP) is 4.15. The molecule has 1 heterocycles. The fourth-order valence-electron chi connectivity index (χ4n) is 3.00. The number of hydrogen-bond donors (Lipinski definition) is 0. The van der Waals surface area contributed by atoms with Crippen LogP contribution in [0.15, 0.2) is 66.9 Å². The van der Waals surface area contributed by atoms with E-state index in [0.29, 0.717) is 0 Å². The predicted molar refractivity (Wildman–Crippen MR) is 83.4 cm³/mol. The topological polar surface area (TPSA) is 30.0 Å². The Bertz CT molecular complexity index is 819. The van der Waals surface area contributed by atoms with E-state index in [2.05, 4.69) is 17.1 Å². The number of ketones is 1. The van der Waals surface area contributed by atoms with Crippen molar-refractivity contribution in [2.45, 2.75) is 18.3 Å². The molecule has 2 nitrogen and oxygen atoms in total. The summed E-state index contributed by atoms with van der Waals surface area (Å²) in [5.74, 6) is 0.201. The summed E-state index contributed by atoms with van der Waals surface area (Å²) in [5.41, 5.74) is 2.46. The highest BCUT2D eigenvalue weighted by Crippen LogP contribution is 2.50. The van der Waals surface area contributed by atoms with Gasteiger partial charge in [-0.05, 0) is 30.5 Å². The van der Waals surface area contributed by atoms with Crippen molar-refractivity contribution in [2.24, 2.45) is 0 Å². The van der Waals surface area contributed by atoms with E-state index in [9.17, 15) is 4.79 Å². The minimum Gasteiger partial charge on any atom is -0.293 e. The normalized spacial score (nSPS) is 15.8. The number of pyridine rings is 1. The highest BCUT2D eigenvalue weighted by atomic mass is 16.1. The molecule has 2 heteroatoms. The molecule has 21 heavy (non-hydrogen) atoms. The van der Waals surface area contributed by atoms with Gasteiger partial charge in [0, 0.05) is 17.1 Å². The van der Waals surface area contributed by atoms with Gasteiger partial charge in [-0.3, -0.25) is 9.78 Å². The van der Waals surface area contributed by atoms with Crippen LogP contribution < -0.4 is 0 Å². The summed E-state index contributed by atoms with van der Waals surface area (Å²) in [4.78, 5) is 17.3. The van der Waals surface area contributed by atoms with Crippen LogP contribution in [-0.4, -0.2) is 10.8 Å². The smallest absolute Gasteiger partial charge is 0.174 e. The zero-order valence-corrected chi connectivity index (χ0v) is 11.6. The first-order valence-corrected chi connectivity index (χ1v) is 7.25. The van der Waals surface area contributed by atoms with E-state index in [0.717, 1.165) is 34.9 Å². The minimum absolute atomic E-state index is 0.201. The molecule has 0 radical (unpaired) electrons. The van der Waals surface area contributed by atoms with E-state index >= 15 is 0 Å². The number of nitrogens with zero attached hydrogens (tertiary/aromatic N) is 1. The zero-order valence-electron chi connectivity index (χ0n) is 11.6. The molecular weight excluding hydrogens is 258 g/mol. The largest absolute Gasteiger partial charge is 0.293 e. The van der Waals surface area contributed by atoms with E-state index in [1.165, 1.54) is 0 Å². The molecule has 102 valence electrons. The Kier molecular flexibility index (Phi) is 2.64. The summed E-state index contributed by atoms with van der Waals surface area (Å²) in [7, 11) is 0. The average molecular weight is 273 g/mol. The van der Waals surface area contributed by atoms with E-state index in [1.54, 1.807) is 6.20 Å². The first-order valence-electron chi connectivity index (χ1n) is 7.25. The second kappa shape index (κ2) is 4.52. The second-order valence-corrected chi connectivity index (χ2v) is 5.69. The van der Waals surface area contributed by atoms with Crippen molar-refractivity contribution in [3.63, 3.8) is 0 Å². The van der Waals surface area contributed by atoms with Gasteiger partial charge >= 0.3 is 0 Å². The van der Waals surface area contributed by atoms with Crippen LogP contribution in [0.5, 0.6) is 0 Å². The van der Waals surface area contributed by atoms with Crippen molar-refractivity contribution in [1.82, 2.24) is 4.98 Å². The lowest BCUT2D eigenvalue weighted by Gasteiger charge is -2.14. The fourth-order valence-corrected chi connectivity index (χ4v) is 3.00. The van der Waals surface area contributed by atoms with Gasteiger partial charge < -0.3 is 0 Å². The molecule has 4 rings (SSSR count). The minimum atomic E-state index is -0.314. The standard InChI is InChI=1S/C19H15NO/c21-18(19(10-11-19)16-7-2-1-3-8-16)15-12-14-6-4-5-9-17(14)20-13-15/h1-9,12-13H,10-11H2. The molecule has 0 saturated heterocycles. The lowest BCUT2D eigenvalue weighted by molar-refractivity contribution is 0.0946. The van der Waals surface area contributed by atoms with Crippen LogP contribution in [0.2, 0.25) is 0 Å². The van der Waals surface area contributed by atoms with Gasteiger partial charge in [-0.1, -0.05) is 48.5 Å². The molecule has 1 fully saturated rings. The van der Waals surface area contributed by atoms with Gasteiger partial charge in [-0.25, -0.2) is 0 Å². The van der Waals surface area contributed by atoms with E-state index in [-0.39, 0.29) is 11.2 Å². The van der Waals surface area contributed by atoms with Crippen LogP contribution in [0.25, 0.3) is 10.9 Å². The van der Waals surface area contributed by atoms with Crippen molar-refractivity contribution >= 4 is 16.7 Å². The summed E-state index contributed by atoms with van der Waals surface area (Å²) in [5, 5.41) is 1.02. The van der Waals surface area contributed by atoms with E-state index in [1.807, 2.05) is 48.5 Å². The summed E-state index contributed by atoms with van der Waals surface area (Å²) in [6, 6.07) is 20.0. The molecule has 1 aliphatic carbocycles. The first kappa shape index (κ1) is 12.3.